The minimum absolute atomic E-state index is 0.106. The Morgan fingerprint density at radius 1 is 1.22 bits per heavy atom. The van der Waals surface area contributed by atoms with Gasteiger partial charge < -0.3 is 15.0 Å². The average Bonchev–Trinajstić information content (AvgIpc) is 3.49. The van der Waals surface area contributed by atoms with Gasteiger partial charge in [-0.2, -0.15) is 0 Å². The summed E-state index contributed by atoms with van der Waals surface area (Å²) in [5, 5.41) is 3.19. The number of halogens is 2. The monoisotopic (exact) mass is 495 g/mol. The largest absolute Gasteiger partial charge is 0.493 e. The number of imidazole rings is 1. The summed E-state index contributed by atoms with van der Waals surface area (Å²) in [4.78, 5) is 23.9. The standard InChI is InChI=1S/C26H21B2F2N5O2/c1-26(28,30)12-34-11-14-8-15(27)2-3-16(14)19-10-32-25(35-13-33-22(23(19)35)24(34)36)31-9-18-17-6-7-37-21(17)5-4-20(18)29/h2-5,8,10,13H,6-7,9,11-12H2,1H3,(H,31,32). The van der Waals surface area contributed by atoms with E-state index >= 15 is 0 Å². The molecule has 4 aromatic rings. The summed E-state index contributed by atoms with van der Waals surface area (Å²) in [6.45, 7) is 1.66. The molecule has 37 heavy (non-hydrogen) atoms. The fraction of sp³-hybridized carbons (Fsp3) is 0.269. The molecule has 0 bridgehead atoms. The van der Waals surface area contributed by atoms with E-state index in [1.165, 1.54) is 24.2 Å². The summed E-state index contributed by atoms with van der Waals surface area (Å²) in [5.41, 5.74) is 2.58. The number of fused-ring (bicyclic) bond motifs is 3. The van der Waals surface area contributed by atoms with Crippen LogP contribution in [-0.4, -0.2) is 59.6 Å². The lowest BCUT2D eigenvalue weighted by Crippen LogP contribution is -2.42. The molecule has 1 unspecified atom stereocenters. The van der Waals surface area contributed by atoms with Gasteiger partial charge in [0.1, 0.15) is 33.6 Å². The number of anilines is 1. The van der Waals surface area contributed by atoms with Crippen molar-refractivity contribution in [3.63, 3.8) is 0 Å². The predicted octanol–water partition coefficient (Wildman–Crippen LogP) is 2.69. The Morgan fingerprint density at radius 3 is 2.86 bits per heavy atom. The maximum absolute atomic E-state index is 14.7. The second-order valence-corrected chi connectivity index (χ2v) is 9.62. The molecule has 0 saturated carbocycles. The number of alkyl halides is 1. The first-order chi connectivity index (χ1) is 17.7. The van der Waals surface area contributed by atoms with Crippen molar-refractivity contribution in [2.45, 2.75) is 32.0 Å². The smallest absolute Gasteiger partial charge is 0.275 e. The summed E-state index contributed by atoms with van der Waals surface area (Å²) < 4.78 is 36.4. The van der Waals surface area contributed by atoms with Crippen LogP contribution in [0.15, 0.2) is 42.9 Å². The summed E-state index contributed by atoms with van der Waals surface area (Å²) in [6.07, 6.45) is 3.76. The molecule has 6 rings (SSSR count). The van der Waals surface area contributed by atoms with Crippen molar-refractivity contribution in [1.29, 1.82) is 0 Å². The van der Waals surface area contributed by atoms with E-state index < -0.39 is 11.5 Å². The number of rotatable bonds is 5. The van der Waals surface area contributed by atoms with Crippen LogP contribution in [-0.2, 0) is 19.5 Å². The molecule has 2 aliphatic rings. The SMILES string of the molecule is [B]c1ccc2c(c1)CN(CC([B])(C)F)C(=O)c1ncn3c(NCc4c(F)ccc5c4CCO5)ncc-2c13. The third-order valence-corrected chi connectivity index (χ3v) is 6.70. The Labute approximate surface area is 214 Å². The number of benzene rings is 2. The molecule has 4 radical (unpaired) electrons. The van der Waals surface area contributed by atoms with E-state index in [2.05, 4.69) is 15.3 Å². The summed E-state index contributed by atoms with van der Waals surface area (Å²) in [7, 11) is 11.7. The van der Waals surface area contributed by atoms with Crippen LogP contribution in [0.4, 0.5) is 14.7 Å². The predicted molar refractivity (Wildman–Crippen MR) is 137 cm³/mol. The molecule has 1 atom stereocenters. The van der Waals surface area contributed by atoms with Gasteiger partial charge in [0.2, 0.25) is 5.95 Å². The number of aromatic nitrogens is 3. The van der Waals surface area contributed by atoms with Gasteiger partial charge in [0.15, 0.2) is 5.69 Å². The zero-order valence-electron chi connectivity index (χ0n) is 20.1. The van der Waals surface area contributed by atoms with Crippen LogP contribution in [0.2, 0.25) is 0 Å². The molecule has 0 saturated heterocycles. The Hall–Kier alpha value is -3.88. The Bertz CT molecular complexity index is 1570. The molecule has 2 aromatic heterocycles. The lowest BCUT2D eigenvalue weighted by Gasteiger charge is -2.30. The zero-order valence-corrected chi connectivity index (χ0v) is 20.1. The molecule has 0 spiro atoms. The number of nitrogens with one attached hydrogen (secondary N) is 1. The van der Waals surface area contributed by atoms with Crippen LogP contribution < -0.4 is 15.5 Å². The van der Waals surface area contributed by atoms with Crippen LogP contribution in [0.25, 0.3) is 16.6 Å². The van der Waals surface area contributed by atoms with Gasteiger partial charge in [0.05, 0.1) is 17.7 Å². The summed E-state index contributed by atoms with van der Waals surface area (Å²) in [6, 6.07) is 8.39. The molecule has 2 aromatic carbocycles. The molecule has 2 aliphatic heterocycles. The zero-order chi connectivity index (χ0) is 25.9. The molecular weight excluding hydrogens is 474 g/mol. The first kappa shape index (κ1) is 23.5. The number of ether oxygens (including phenoxy) is 1. The molecule has 0 aliphatic carbocycles. The van der Waals surface area contributed by atoms with Gasteiger partial charge in [0, 0.05) is 48.9 Å². The lowest BCUT2D eigenvalue weighted by molar-refractivity contribution is 0.0672. The Morgan fingerprint density at radius 2 is 2.05 bits per heavy atom. The van der Waals surface area contributed by atoms with Crippen molar-refractivity contribution < 1.29 is 18.3 Å². The first-order valence-corrected chi connectivity index (χ1v) is 11.9. The van der Waals surface area contributed by atoms with Gasteiger partial charge in [-0.3, -0.25) is 13.6 Å². The molecule has 4 heterocycles. The third-order valence-electron chi connectivity index (χ3n) is 6.70. The Kier molecular flexibility index (Phi) is 5.47. The van der Waals surface area contributed by atoms with Crippen molar-refractivity contribution in [1.82, 2.24) is 19.3 Å². The van der Waals surface area contributed by atoms with Crippen molar-refractivity contribution in [2.75, 3.05) is 18.5 Å². The molecule has 0 fully saturated rings. The second-order valence-electron chi connectivity index (χ2n) is 9.62. The van der Waals surface area contributed by atoms with Gasteiger partial charge >= 0.3 is 0 Å². The van der Waals surface area contributed by atoms with Crippen LogP contribution in [0, 0.1) is 5.82 Å². The van der Waals surface area contributed by atoms with Crippen molar-refractivity contribution in [3.05, 3.63) is 71.1 Å². The molecular formula is C26H21B2F2N5O2. The Balaban J connectivity index is 1.46. The molecule has 7 nitrogen and oxygen atoms in total. The van der Waals surface area contributed by atoms with E-state index in [-0.39, 0.29) is 31.1 Å². The average molecular weight is 495 g/mol. The van der Waals surface area contributed by atoms with E-state index in [9.17, 15) is 13.6 Å². The van der Waals surface area contributed by atoms with Crippen LogP contribution in [0.5, 0.6) is 5.75 Å². The maximum atomic E-state index is 14.7. The van der Waals surface area contributed by atoms with Crippen LogP contribution in [0.1, 0.15) is 34.1 Å². The molecule has 182 valence electrons. The van der Waals surface area contributed by atoms with Crippen molar-refractivity contribution in [3.8, 4) is 16.9 Å². The molecule has 1 N–H and O–H groups in total. The molecule has 11 heteroatoms. The van der Waals surface area contributed by atoms with Gasteiger partial charge in [-0.05, 0) is 30.2 Å². The summed E-state index contributed by atoms with van der Waals surface area (Å²) in [5.74, 6) is 0.255. The fourth-order valence-electron chi connectivity index (χ4n) is 5.11. The van der Waals surface area contributed by atoms with Gasteiger partial charge in [-0.1, -0.05) is 23.7 Å². The number of hydrogen-bond donors (Lipinski definition) is 1. The van der Waals surface area contributed by atoms with E-state index in [1.54, 1.807) is 28.8 Å². The molecule has 1 amide bonds. The quantitative estimate of drug-likeness (QED) is 0.432. The number of nitrogens with zero attached hydrogens (tertiary/aromatic N) is 4. The van der Waals surface area contributed by atoms with E-state index in [0.717, 1.165) is 16.7 Å². The highest BCUT2D eigenvalue weighted by Gasteiger charge is 2.32. The van der Waals surface area contributed by atoms with E-state index in [1.807, 2.05) is 6.07 Å². The van der Waals surface area contributed by atoms with Crippen LogP contribution >= 0.6 is 0 Å². The van der Waals surface area contributed by atoms with E-state index in [0.29, 0.717) is 46.8 Å². The lowest BCUT2D eigenvalue weighted by atomic mass is 9.84. The highest BCUT2D eigenvalue weighted by molar-refractivity contribution is 6.32. The highest BCUT2D eigenvalue weighted by Crippen LogP contribution is 2.35. The third kappa shape index (κ3) is 4.12. The number of carbonyl (C=O) groups is 1. The van der Waals surface area contributed by atoms with E-state index in [4.69, 9.17) is 20.4 Å². The number of carbonyl (C=O) groups excluding carboxylic acids is 1. The summed E-state index contributed by atoms with van der Waals surface area (Å²) >= 11 is 0. The minimum Gasteiger partial charge on any atom is -0.493 e. The number of hydrogen-bond acceptors (Lipinski definition) is 5. The topological polar surface area (TPSA) is 71.8 Å². The fourth-order valence-corrected chi connectivity index (χ4v) is 5.11. The van der Waals surface area contributed by atoms with Gasteiger partial charge in [-0.15, -0.1) is 0 Å². The van der Waals surface area contributed by atoms with Crippen molar-refractivity contribution in [2.24, 2.45) is 0 Å². The van der Waals surface area contributed by atoms with Crippen molar-refractivity contribution >= 4 is 38.5 Å². The first-order valence-electron chi connectivity index (χ1n) is 11.9. The van der Waals surface area contributed by atoms with Gasteiger partial charge in [-0.25, -0.2) is 14.4 Å². The normalized spacial score (nSPS) is 16.0. The van der Waals surface area contributed by atoms with Gasteiger partial charge in [0.25, 0.3) is 5.91 Å². The minimum atomic E-state index is -2.11. The second kappa shape index (κ2) is 8.61. The number of amides is 1. The highest BCUT2D eigenvalue weighted by atomic mass is 19.1. The maximum Gasteiger partial charge on any atom is 0.275 e. The van der Waals surface area contributed by atoms with Crippen LogP contribution in [0.3, 0.4) is 0 Å².